The molecule has 1 rings (SSSR count). The Morgan fingerprint density at radius 2 is 1.42 bits per heavy atom. The van der Waals surface area contributed by atoms with Gasteiger partial charge in [0.25, 0.3) is 0 Å². The lowest BCUT2D eigenvalue weighted by molar-refractivity contribution is 0.0428. The third-order valence-corrected chi connectivity index (χ3v) is 4.20. The monoisotopic (exact) mass is 464 g/mol. The van der Waals surface area contributed by atoms with Crippen LogP contribution in [0.1, 0.15) is 47.1 Å². The largest absolute Gasteiger partial charge is 0.443 e. The number of carbonyl (C=O) groups is 2. The fraction of sp³-hybridized carbons (Fsp3) is 0.562. The van der Waals surface area contributed by atoms with E-state index in [1.54, 1.807) is 54.5 Å². The lowest BCUT2D eigenvalue weighted by atomic mass is 10.2. The molecule has 0 saturated carbocycles. The van der Waals surface area contributed by atoms with Crippen molar-refractivity contribution in [2.45, 2.75) is 59.7 Å². The van der Waals surface area contributed by atoms with Crippen molar-refractivity contribution in [3.8, 4) is 0 Å². The number of aromatic nitrogens is 1. The first-order valence-corrected chi connectivity index (χ1v) is 8.88. The second kappa shape index (κ2) is 7.39. The van der Waals surface area contributed by atoms with Crippen LogP contribution >= 0.6 is 31.9 Å². The minimum absolute atomic E-state index is 0.147. The molecule has 0 bridgehead atoms. The molecule has 0 saturated heterocycles. The number of pyridine rings is 1. The third-order valence-electron chi connectivity index (χ3n) is 2.46. The van der Waals surface area contributed by atoms with Gasteiger partial charge in [0.1, 0.15) is 15.8 Å². The van der Waals surface area contributed by atoms with Crippen LogP contribution in [0.25, 0.3) is 0 Å². The highest BCUT2D eigenvalue weighted by molar-refractivity contribution is 9.13. The summed E-state index contributed by atoms with van der Waals surface area (Å²) in [7, 11) is 0. The molecule has 0 aliphatic rings. The molecule has 1 aromatic heterocycles. The summed E-state index contributed by atoms with van der Waals surface area (Å²) in [5, 5.41) is 0. The minimum Gasteiger partial charge on any atom is -0.443 e. The lowest BCUT2D eigenvalue weighted by Gasteiger charge is -2.28. The van der Waals surface area contributed by atoms with Crippen molar-refractivity contribution >= 4 is 49.9 Å². The SMILES string of the molecule is Cc1cc(Br)c(Br)nc1N(C(=O)OC(C)(C)C)C(=O)OC(C)(C)C. The Kier molecular flexibility index (Phi) is 6.43. The molecular weight excluding hydrogens is 444 g/mol. The quantitative estimate of drug-likeness (QED) is 0.505. The molecule has 0 fully saturated rings. The van der Waals surface area contributed by atoms with Crippen LogP contribution in [-0.2, 0) is 9.47 Å². The maximum Gasteiger partial charge on any atom is 0.425 e. The number of amides is 2. The Bertz CT molecular complexity index is 621. The first-order chi connectivity index (χ1) is 10.7. The molecule has 0 aliphatic heterocycles. The van der Waals surface area contributed by atoms with Gasteiger partial charge >= 0.3 is 12.2 Å². The zero-order valence-corrected chi connectivity index (χ0v) is 18.0. The van der Waals surface area contributed by atoms with E-state index in [1.165, 1.54) is 0 Å². The van der Waals surface area contributed by atoms with Crippen LogP contribution in [0.5, 0.6) is 0 Å². The third kappa shape index (κ3) is 6.05. The Morgan fingerprint density at radius 1 is 1.00 bits per heavy atom. The van der Waals surface area contributed by atoms with Gasteiger partial charge in [-0.1, -0.05) is 0 Å². The molecular formula is C16H22Br2N2O4. The Hall–Kier alpha value is -1.15. The molecule has 1 heterocycles. The van der Waals surface area contributed by atoms with E-state index in [2.05, 4.69) is 36.8 Å². The highest BCUT2D eigenvalue weighted by atomic mass is 79.9. The van der Waals surface area contributed by atoms with E-state index >= 15 is 0 Å². The maximum atomic E-state index is 12.6. The number of aryl methyl sites for hydroxylation is 1. The molecule has 24 heavy (non-hydrogen) atoms. The first kappa shape index (κ1) is 20.9. The fourth-order valence-electron chi connectivity index (χ4n) is 1.64. The summed E-state index contributed by atoms with van der Waals surface area (Å²) in [5.41, 5.74) is -0.919. The number of anilines is 1. The molecule has 0 spiro atoms. The second-order valence-electron chi connectivity index (χ2n) is 7.20. The van der Waals surface area contributed by atoms with Gasteiger partial charge in [-0.25, -0.2) is 14.6 Å². The highest BCUT2D eigenvalue weighted by Gasteiger charge is 2.34. The van der Waals surface area contributed by atoms with Gasteiger partial charge in [-0.05, 0) is 92.0 Å². The van der Waals surface area contributed by atoms with Crippen molar-refractivity contribution in [2.75, 3.05) is 4.90 Å². The van der Waals surface area contributed by atoms with Gasteiger partial charge < -0.3 is 9.47 Å². The summed E-state index contributed by atoms with van der Waals surface area (Å²) in [6.07, 6.45) is -1.69. The summed E-state index contributed by atoms with van der Waals surface area (Å²) < 4.78 is 11.8. The predicted octanol–water partition coefficient (Wildman–Crippen LogP) is 5.59. The van der Waals surface area contributed by atoms with Crippen LogP contribution in [-0.4, -0.2) is 28.4 Å². The van der Waals surface area contributed by atoms with Gasteiger partial charge in [0.15, 0.2) is 5.82 Å². The first-order valence-electron chi connectivity index (χ1n) is 7.30. The Labute approximate surface area is 159 Å². The van der Waals surface area contributed by atoms with E-state index in [4.69, 9.17) is 9.47 Å². The number of nitrogens with zero attached hydrogens (tertiary/aromatic N) is 2. The topological polar surface area (TPSA) is 68.7 Å². The summed E-state index contributed by atoms with van der Waals surface area (Å²) >= 11 is 6.62. The standard InChI is InChI=1S/C16H22Br2N2O4/c1-9-8-10(17)11(18)19-12(9)20(13(21)23-15(2,3)4)14(22)24-16(5,6)7/h8H,1-7H3. The molecule has 0 unspecified atom stereocenters. The number of hydrogen-bond acceptors (Lipinski definition) is 5. The lowest BCUT2D eigenvalue weighted by Crippen LogP contribution is -2.44. The number of carbonyl (C=O) groups excluding carboxylic acids is 2. The van der Waals surface area contributed by atoms with Crippen LogP contribution in [0.3, 0.4) is 0 Å². The van der Waals surface area contributed by atoms with Gasteiger partial charge in [0, 0.05) is 0 Å². The predicted molar refractivity (Wildman–Crippen MR) is 99.3 cm³/mol. The van der Waals surface area contributed by atoms with Gasteiger partial charge in [0.05, 0.1) is 4.47 Å². The molecule has 134 valence electrons. The molecule has 8 heteroatoms. The van der Waals surface area contributed by atoms with E-state index in [9.17, 15) is 9.59 Å². The highest BCUT2D eigenvalue weighted by Crippen LogP contribution is 2.29. The van der Waals surface area contributed by atoms with Crippen molar-refractivity contribution in [2.24, 2.45) is 0 Å². The van der Waals surface area contributed by atoms with E-state index in [0.717, 1.165) is 4.90 Å². The molecule has 0 N–H and O–H groups in total. The van der Waals surface area contributed by atoms with Gasteiger partial charge in [-0.15, -0.1) is 0 Å². The van der Waals surface area contributed by atoms with Crippen molar-refractivity contribution in [3.05, 3.63) is 20.7 Å². The molecule has 0 radical (unpaired) electrons. The average molecular weight is 466 g/mol. The van der Waals surface area contributed by atoms with Crippen LogP contribution in [0.4, 0.5) is 15.4 Å². The summed E-state index contributed by atoms with van der Waals surface area (Å²) in [6.45, 7) is 12.0. The minimum atomic E-state index is -0.846. The van der Waals surface area contributed by atoms with Crippen molar-refractivity contribution < 1.29 is 19.1 Å². The molecule has 0 aromatic carbocycles. The normalized spacial score (nSPS) is 11.9. The maximum absolute atomic E-state index is 12.6. The van der Waals surface area contributed by atoms with Crippen molar-refractivity contribution in [1.29, 1.82) is 0 Å². The smallest absolute Gasteiger partial charge is 0.425 e. The molecule has 0 aliphatic carbocycles. The number of halogens is 2. The summed E-state index contributed by atoms with van der Waals surface area (Å²) in [4.78, 5) is 30.2. The zero-order chi connectivity index (χ0) is 18.9. The van der Waals surface area contributed by atoms with Crippen LogP contribution in [0.15, 0.2) is 15.1 Å². The molecule has 1 aromatic rings. The zero-order valence-electron chi connectivity index (χ0n) is 14.9. The Morgan fingerprint density at radius 3 is 1.79 bits per heavy atom. The van der Waals surface area contributed by atoms with E-state index < -0.39 is 23.4 Å². The van der Waals surface area contributed by atoms with Gasteiger partial charge in [-0.2, -0.15) is 4.90 Å². The van der Waals surface area contributed by atoms with E-state index in [-0.39, 0.29) is 5.82 Å². The van der Waals surface area contributed by atoms with Crippen LogP contribution in [0, 0.1) is 6.92 Å². The van der Waals surface area contributed by atoms with Gasteiger partial charge in [-0.3, -0.25) is 0 Å². The van der Waals surface area contributed by atoms with E-state index in [0.29, 0.717) is 14.6 Å². The van der Waals surface area contributed by atoms with E-state index in [1.807, 2.05) is 0 Å². The van der Waals surface area contributed by atoms with Gasteiger partial charge in [0.2, 0.25) is 0 Å². The number of hydrogen-bond donors (Lipinski definition) is 0. The second-order valence-corrected chi connectivity index (χ2v) is 8.80. The van der Waals surface area contributed by atoms with Crippen LogP contribution in [0.2, 0.25) is 0 Å². The Balaban J connectivity index is 3.36. The summed E-state index contributed by atoms with van der Waals surface area (Å²) in [5.74, 6) is 0.147. The van der Waals surface area contributed by atoms with Crippen molar-refractivity contribution in [1.82, 2.24) is 4.98 Å². The summed E-state index contributed by atoms with van der Waals surface area (Å²) in [6, 6.07) is 1.74. The molecule has 6 nitrogen and oxygen atoms in total. The molecule has 2 amide bonds. The number of rotatable bonds is 1. The van der Waals surface area contributed by atoms with Crippen LogP contribution < -0.4 is 4.90 Å². The number of imide groups is 1. The fourth-order valence-corrected chi connectivity index (χ4v) is 2.35. The van der Waals surface area contributed by atoms with Crippen molar-refractivity contribution in [3.63, 3.8) is 0 Å². The average Bonchev–Trinajstić information content (AvgIpc) is 2.31. The number of ether oxygens (including phenoxy) is 2. The molecule has 0 atom stereocenters.